The first-order valence-corrected chi connectivity index (χ1v) is 8.65. The molecule has 0 saturated carbocycles. The number of esters is 1. The smallest absolute Gasteiger partial charge is 0.314 e. The van der Waals surface area contributed by atoms with Gasteiger partial charge in [0, 0.05) is 36.5 Å². The largest absolute Gasteiger partial charge is 0.478 e. The highest BCUT2D eigenvalue weighted by Crippen LogP contribution is 2.49. The zero-order valence-electron chi connectivity index (χ0n) is 15.4. The summed E-state index contributed by atoms with van der Waals surface area (Å²) < 4.78 is 10.7. The topological polar surface area (TPSA) is 122 Å². The zero-order valence-corrected chi connectivity index (χ0v) is 15.4. The quantitative estimate of drug-likeness (QED) is 0.490. The van der Waals surface area contributed by atoms with Gasteiger partial charge in [-0.15, -0.1) is 0 Å². The standard InChI is InChI=1S/C19H22N2O6/c1-19(2)8-12(22)15-13(9-19)27-17(20)16(18(23)26-3)14(15)10-4-6-11(7-5-10)21(24)25/h4-7,14,16-17H,8-9,20H2,1-3H3. The van der Waals surface area contributed by atoms with Crippen molar-refractivity contribution in [3.8, 4) is 0 Å². The van der Waals surface area contributed by atoms with E-state index in [0.717, 1.165) is 0 Å². The predicted molar refractivity (Wildman–Crippen MR) is 95.5 cm³/mol. The molecule has 0 amide bonds. The maximum atomic E-state index is 12.9. The van der Waals surface area contributed by atoms with Crippen LogP contribution in [0.5, 0.6) is 0 Å². The molecule has 1 heterocycles. The molecule has 2 aliphatic rings. The number of ketones is 1. The minimum atomic E-state index is -0.974. The molecule has 0 saturated heterocycles. The molecule has 1 aliphatic carbocycles. The number of benzene rings is 1. The summed E-state index contributed by atoms with van der Waals surface area (Å²) in [4.78, 5) is 35.8. The van der Waals surface area contributed by atoms with Crippen molar-refractivity contribution in [1.29, 1.82) is 0 Å². The first-order valence-electron chi connectivity index (χ1n) is 8.65. The summed E-state index contributed by atoms with van der Waals surface area (Å²) in [6.45, 7) is 3.94. The summed E-state index contributed by atoms with van der Waals surface area (Å²) >= 11 is 0. The Kier molecular flexibility index (Phi) is 4.77. The van der Waals surface area contributed by atoms with Crippen molar-refractivity contribution in [2.75, 3.05) is 7.11 Å². The molecule has 2 N–H and O–H groups in total. The van der Waals surface area contributed by atoms with Crippen LogP contribution in [0.25, 0.3) is 0 Å². The summed E-state index contributed by atoms with van der Waals surface area (Å²) in [5, 5.41) is 10.9. The number of carbonyl (C=O) groups is 2. The number of carbonyl (C=O) groups excluding carboxylic acids is 2. The first-order chi connectivity index (χ1) is 12.6. The number of nitrogens with two attached hydrogens (primary N) is 1. The van der Waals surface area contributed by atoms with Crippen molar-refractivity contribution in [1.82, 2.24) is 0 Å². The molecule has 144 valence electrons. The van der Waals surface area contributed by atoms with E-state index in [9.17, 15) is 19.7 Å². The van der Waals surface area contributed by atoms with Crippen LogP contribution in [0.4, 0.5) is 5.69 Å². The normalized spacial score (nSPS) is 26.8. The molecule has 0 bridgehead atoms. The summed E-state index contributed by atoms with van der Waals surface area (Å²) in [7, 11) is 1.25. The molecule has 0 aromatic heterocycles. The third-order valence-electron chi connectivity index (χ3n) is 5.12. The second kappa shape index (κ2) is 6.77. The van der Waals surface area contributed by atoms with Gasteiger partial charge in [0.05, 0.1) is 12.0 Å². The monoisotopic (exact) mass is 374 g/mol. The van der Waals surface area contributed by atoms with Crippen molar-refractivity contribution in [2.45, 2.75) is 38.8 Å². The summed E-state index contributed by atoms with van der Waals surface area (Å²) in [5.41, 5.74) is 6.79. The van der Waals surface area contributed by atoms with E-state index < -0.39 is 29.0 Å². The van der Waals surface area contributed by atoms with Gasteiger partial charge in [-0.1, -0.05) is 26.0 Å². The van der Waals surface area contributed by atoms with Crippen LogP contribution >= 0.6 is 0 Å². The molecule has 3 unspecified atom stereocenters. The summed E-state index contributed by atoms with van der Waals surface area (Å²) in [6.07, 6.45) is -0.126. The van der Waals surface area contributed by atoms with Crippen molar-refractivity contribution in [2.24, 2.45) is 17.1 Å². The Morgan fingerprint density at radius 3 is 2.48 bits per heavy atom. The van der Waals surface area contributed by atoms with Crippen LogP contribution in [-0.2, 0) is 19.1 Å². The Labute approximate surface area is 156 Å². The maximum absolute atomic E-state index is 12.9. The second-order valence-corrected chi connectivity index (χ2v) is 7.74. The molecule has 8 nitrogen and oxygen atoms in total. The lowest BCUT2D eigenvalue weighted by molar-refractivity contribution is -0.384. The van der Waals surface area contributed by atoms with Crippen LogP contribution < -0.4 is 5.73 Å². The van der Waals surface area contributed by atoms with Gasteiger partial charge in [-0.25, -0.2) is 0 Å². The molecule has 1 aliphatic heterocycles. The lowest BCUT2D eigenvalue weighted by Crippen LogP contribution is -2.48. The number of nitrogens with zero attached hydrogens (tertiary/aromatic N) is 1. The average Bonchev–Trinajstić information content (AvgIpc) is 2.58. The van der Waals surface area contributed by atoms with Gasteiger partial charge >= 0.3 is 5.97 Å². The number of nitro groups is 1. The fourth-order valence-corrected chi connectivity index (χ4v) is 3.92. The van der Waals surface area contributed by atoms with Gasteiger partial charge in [-0.05, 0) is 11.0 Å². The Balaban J connectivity index is 2.14. The number of nitro benzene ring substituents is 1. The first kappa shape index (κ1) is 19.0. The Morgan fingerprint density at radius 2 is 1.93 bits per heavy atom. The van der Waals surface area contributed by atoms with Gasteiger partial charge in [0.15, 0.2) is 12.0 Å². The molecule has 1 aromatic carbocycles. The zero-order chi connectivity index (χ0) is 19.9. The fraction of sp³-hybridized carbons (Fsp3) is 0.474. The van der Waals surface area contributed by atoms with Gasteiger partial charge in [0.1, 0.15) is 11.7 Å². The van der Waals surface area contributed by atoms with Crippen LogP contribution in [0, 0.1) is 21.4 Å². The van der Waals surface area contributed by atoms with Gasteiger partial charge < -0.3 is 9.47 Å². The number of allylic oxidation sites excluding steroid dienone is 2. The number of rotatable bonds is 3. The van der Waals surface area contributed by atoms with E-state index in [1.807, 2.05) is 13.8 Å². The van der Waals surface area contributed by atoms with E-state index >= 15 is 0 Å². The molecule has 3 rings (SSSR count). The molecule has 0 fully saturated rings. The van der Waals surface area contributed by atoms with Crippen LogP contribution in [0.2, 0.25) is 0 Å². The molecule has 3 atom stereocenters. The van der Waals surface area contributed by atoms with E-state index in [2.05, 4.69) is 0 Å². The lowest BCUT2D eigenvalue weighted by Gasteiger charge is -2.42. The molecule has 1 aromatic rings. The predicted octanol–water partition coefficient (Wildman–Crippen LogP) is 2.43. The van der Waals surface area contributed by atoms with E-state index in [1.54, 1.807) is 12.1 Å². The molecule has 8 heteroatoms. The van der Waals surface area contributed by atoms with E-state index in [0.29, 0.717) is 29.7 Å². The third kappa shape index (κ3) is 3.44. The van der Waals surface area contributed by atoms with E-state index in [4.69, 9.17) is 15.2 Å². The molecular formula is C19H22N2O6. The number of methoxy groups -OCH3 is 1. The maximum Gasteiger partial charge on any atom is 0.314 e. The van der Waals surface area contributed by atoms with Crippen molar-refractivity contribution < 1.29 is 24.0 Å². The SMILES string of the molecule is COC(=O)C1C(N)OC2=C(C(=O)CC(C)(C)C2)C1c1ccc([N+](=O)[O-])cc1. The lowest BCUT2D eigenvalue weighted by atomic mass is 9.68. The van der Waals surface area contributed by atoms with Crippen LogP contribution in [-0.4, -0.2) is 30.0 Å². The Hall–Kier alpha value is -2.74. The summed E-state index contributed by atoms with van der Waals surface area (Å²) in [6, 6.07) is 5.80. The van der Waals surface area contributed by atoms with Gasteiger partial charge in [-0.2, -0.15) is 0 Å². The highest BCUT2D eigenvalue weighted by molar-refractivity contribution is 6.00. The van der Waals surface area contributed by atoms with Gasteiger partial charge in [-0.3, -0.25) is 25.4 Å². The van der Waals surface area contributed by atoms with E-state index in [1.165, 1.54) is 19.2 Å². The number of hydrogen-bond donors (Lipinski definition) is 1. The van der Waals surface area contributed by atoms with Crippen molar-refractivity contribution >= 4 is 17.4 Å². The van der Waals surface area contributed by atoms with Crippen LogP contribution in [0.3, 0.4) is 0 Å². The van der Waals surface area contributed by atoms with Gasteiger partial charge in [0.2, 0.25) is 0 Å². The minimum Gasteiger partial charge on any atom is -0.478 e. The Morgan fingerprint density at radius 1 is 1.30 bits per heavy atom. The number of non-ortho nitro benzene ring substituents is 1. The molecule has 0 spiro atoms. The number of Topliss-reactive ketones (excluding diaryl/α,β-unsaturated/α-hetero) is 1. The highest BCUT2D eigenvalue weighted by atomic mass is 16.6. The number of ether oxygens (including phenoxy) is 2. The van der Waals surface area contributed by atoms with E-state index in [-0.39, 0.29) is 16.9 Å². The minimum absolute atomic E-state index is 0.0740. The Bertz CT molecular complexity index is 827. The molecule has 27 heavy (non-hydrogen) atoms. The number of hydrogen-bond acceptors (Lipinski definition) is 7. The van der Waals surface area contributed by atoms with Crippen LogP contribution in [0.15, 0.2) is 35.6 Å². The third-order valence-corrected chi connectivity index (χ3v) is 5.12. The second-order valence-electron chi connectivity index (χ2n) is 7.74. The van der Waals surface area contributed by atoms with Crippen LogP contribution in [0.1, 0.15) is 38.2 Å². The molecular weight excluding hydrogens is 352 g/mol. The summed E-state index contributed by atoms with van der Waals surface area (Å²) in [5.74, 6) is -1.78. The average molecular weight is 374 g/mol. The molecule has 0 radical (unpaired) electrons. The van der Waals surface area contributed by atoms with Crippen molar-refractivity contribution in [3.63, 3.8) is 0 Å². The van der Waals surface area contributed by atoms with Crippen molar-refractivity contribution in [3.05, 3.63) is 51.3 Å². The van der Waals surface area contributed by atoms with Gasteiger partial charge in [0.25, 0.3) is 5.69 Å². The fourth-order valence-electron chi connectivity index (χ4n) is 3.92. The highest BCUT2D eigenvalue weighted by Gasteiger charge is 2.49.